The lowest BCUT2D eigenvalue weighted by atomic mass is 9.93. The van der Waals surface area contributed by atoms with Crippen LogP contribution in [0.1, 0.15) is 18.9 Å². The number of nitrogens with one attached hydrogen (secondary N) is 1. The van der Waals surface area contributed by atoms with Gasteiger partial charge in [0.2, 0.25) is 5.91 Å². The van der Waals surface area contributed by atoms with E-state index in [1.165, 1.54) is 18.9 Å². The second-order valence-corrected chi connectivity index (χ2v) is 7.75. The third kappa shape index (κ3) is 3.26. The third-order valence-corrected chi connectivity index (χ3v) is 5.87. The lowest BCUT2D eigenvalue weighted by molar-refractivity contribution is -0.119. The molecule has 3 unspecified atom stereocenters. The minimum atomic E-state index is -0.757. The van der Waals surface area contributed by atoms with Gasteiger partial charge >= 0.3 is 12.2 Å². The van der Waals surface area contributed by atoms with Crippen LogP contribution >= 0.6 is 0 Å². The fourth-order valence-electron chi connectivity index (χ4n) is 4.43. The number of amides is 3. The molecule has 8 nitrogen and oxygen atoms in total. The SMILES string of the molecule is COC(=O)N1CC2CC2(c2c(F)cc(N3CC(CNC(C)=O)OC3=O)cc2F)C1. The van der Waals surface area contributed by atoms with E-state index in [0.717, 1.165) is 17.0 Å². The first-order chi connectivity index (χ1) is 13.7. The van der Waals surface area contributed by atoms with Gasteiger partial charge in [-0.25, -0.2) is 18.4 Å². The number of methoxy groups -OCH3 is 1. The molecule has 1 aromatic rings. The Morgan fingerprint density at radius 1 is 1.31 bits per heavy atom. The number of likely N-dealkylation sites (tertiary alicyclic amines) is 1. The number of benzene rings is 1. The van der Waals surface area contributed by atoms with Crippen molar-refractivity contribution in [3.8, 4) is 0 Å². The highest BCUT2D eigenvalue weighted by Crippen LogP contribution is 2.60. The van der Waals surface area contributed by atoms with Gasteiger partial charge in [-0.1, -0.05) is 0 Å². The molecule has 1 aliphatic carbocycles. The second kappa shape index (κ2) is 6.85. The highest BCUT2D eigenvalue weighted by Gasteiger charge is 2.64. The zero-order valence-corrected chi connectivity index (χ0v) is 16.0. The van der Waals surface area contributed by atoms with Gasteiger partial charge in [-0.15, -0.1) is 0 Å². The summed E-state index contributed by atoms with van der Waals surface area (Å²) in [5.41, 5.74) is -0.754. The van der Waals surface area contributed by atoms with Gasteiger partial charge in [-0.05, 0) is 24.5 Å². The van der Waals surface area contributed by atoms with Gasteiger partial charge in [-0.3, -0.25) is 9.69 Å². The van der Waals surface area contributed by atoms with Gasteiger partial charge in [-0.2, -0.15) is 0 Å². The van der Waals surface area contributed by atoms with Crippen LogP contribution in [0.5, 0.6) is 0 Å². The molecule has 2 saturated heterocycles. The van der Waals surface area contributed by atoms with Crippen LogP contribution in [0, 0.1) is 17.6 Å². The van der Waals surface area contributed by atoms with Crippen molar-refractivity contribution < 1.29 is 32.6 Å². The Kier molecular flexibility index (Phi) is 4.59. The number of fused-ring (bicyclic) bond motifs is 1. The van der Waals surface area contributed by atoms with Crippen molar-refractivity contribution in [3.05, 3.63) is 29.3 Å². The number of hydrogen-bond donors (Lipinski definition) is 1. The topological polar surface area (TPSA) is 88.2 Å². The van der Waals surface area contributed by atoms with Crippen molar-refractivity contribution in [1.82, 2.24) is 10.2 Å². The number of halogens is 2. The van der Waals surface area contributed by atoms with E-state index in [1.54, 1.807) is 0 Å². The standard InChI is InChI=1S/C19H21F2N3O5/c1-10(25)22-6-13-8-24(18(27)29-13)12-3-14(20)16(15(21)4-12)19-5-11(19)7-23(9-19)17(26)28-2/h3-4,11,13H,5-9H2,1-2H3,(H,22,25). The zero-order chi connectivity index (χ0) is 20.9. The molecular weight excluding hydrogens is 388 g/mol. The van der Waals surface area contributed by atoms with Crippen LogP contribution in [0.3, 0.4) is 0 Å². The molecule has 3 fully saturated rings. The number of hydrogen-bond acceptors (Lipinski definition) is 5. The molecule has 3 atom stereocenters. The number of ether oxygens (including phenoxy) is 2. The van der Waals surface area contributed by atoms with E-state index in [1.807, 2.05) is 0 Å². The van der Waals surface area contributed by atoms with Crippen LogP contribution < -0.4 is 10.2 Å². The summed E-state index contributed by atoms with van der Waals surface area (Å²) < 4.78 is 39.8. The summed E-state index contributed by atoms with van der Waals surface area (Å²) in [6.07, 6.45) is -1.25. The first-order valence-corrected chi connectivity index (χ1v) is 9.30. The fraction of sp³-hybridized carbons (Fsp3) is 0.526. The summed E-state index contributed by atoms with van der Waals surface area (Å²) >= 11 is 0. The summed E-state index contributed by atoms with van der Waals surface area (Å²) in [7, 11) is 1.27. The molecular formula is C19H21F2N3O5. The van der Waals surface area contributed by atoms with Crippen LogP contribution in [0.2, 0.25) is 0 Å². The number of anilines is 1. The summed E-state index contributed by atoms with van der Waals surface area (Å²) in [6.45, 7) is 2.13. The normalized spacial score (nSPS) is 27.5. The molecule has 10 heteroatoms. The molecule has 0 aromatic heterocycles. The van der Waals surface area contributed by atoms with Gasteiger partial charge in [0.1, 0.15) is 17.7 Å². The van der Waals surface area contributed by atoms with E-state index in [9.17, 15) is 23.2 Å². The average Bonchev–Trinajstić information content (AvgIpc) is 3.02. The Balaban J connectivity index is 1.54. The van der Waals surface area contributed by atoms with E-state index in [0.29, 0.717) is 13.0 Å². The predicted molar refractivity (Wildman–Crippen MR) is 96.4 cm³/mol. The minimum Gasteiger partial charge on any atom is -0.453 e. The molecule has 2 heterocycles. The number of rotatable bonds is 4. The Morgan fingerprint density at radius 3 is 2.62 bits per heavy atom. The average molecular weight is 409 g/mol. The molecule has 0 bridgehead atoms. The smallest absolute Gasteiger partial charge is 0.414 e. The Morgan fingerprint density at radius 2 is 2.00 bits per heavy atom. The lowest BCUT2D eigenvalue weighted by Gasteiger charge is -2.22. The second-order valence-electron chi connectivity index (χ2n) is 7.75. The summed E-state index contributed by atoms with van der Waals surface area (Å²) in [4.78, 5) is 37.4. The highest BCUT2D eigenvalue weighted by atomic mass is 19.1. The van der Waals surface area contributed by atoms with Crippen molar-refractivity contribution in [1.29, 1.82) is 0 Å². The summed E-state index contributed by atoms with van der Waals surface area (Å²) in [5, 5.41) is 2.54. The first-order valence-electron chi connectivity index (χ1n) is 9.30. The van der Waals surface area contributed by atoms with Crippen molar-refractivity contribution in [2.24, 2.45) is 5.92 Å². The molecule has 1 N–H and O–H groups in total. The van der Waals surface area contributed by atoms with E-state index >= 15 is 0 Å². The number of nitrogens with zero attached hydrogens (tertiary/aromatic N) is 2. The van der Waals surface area contributed by atoms with Gasteiger partial charge in [0.15, 0.2) is 0 Å². The molecule has 156 valence electrons. The van der Waals surface area contributed by atoms with Crippen molar-refractivity contribution >= 4 is 23.8 Å². The molecule has 2 aliphatic heterocycles. The van der Waals surface area contributed by atoms with Gasteiger partial charge in [0.05, 0.1) is 25.9 Å². The Labute approximate surface area is 165 Å². The van der Waals surface area contributed by atoms with Gasteiger partial charge in [0.25, 0.3) is 0 Å². The van der Waals surface area contributed by atoms with Crippen LogP contribution in [0.25, 0.3) is 0 Å². The van der Waals surface area contributed by atoms with Gasteiger partial charge < -0.3 is 19.7 Å². The number of piperidine rings is 1. The molecule has 4 rings (SSSR count). The summed E-state index contributed by atoms with van der Waals surface area (Å²) in [6, 6.07) is 2.23. The lowest BCUT2D eigenvalue weighted by Crippen LogP contribution is -2.33. The maximum atomic E-state index is 15.0. The first kappa shape index (κ1) is 19.4. The molecule has 1 aromatic carbocycles. The molecule has 1 saturated carbocycles. The van der Waals surface area contributed by atoms with Crippen LogP contribution in [-0.4, -0.2) is 62.4 Å². The van der Waals surface area contributed by atoms with Crippen LogP contribution in [-0.2, 0) is 19.7 Å². The molecule has 0 radical (unpaired) electrons. The van der Waals surface area contributed by atoms with Crippen LogP contribution in [0.4, 0.5) is 24.1 Å². The molecule has 0 spiro atoms. The maximum absolute atomic E-state index is 15.0. The van der Waals surface area contributed by atoms with Crippen LogP contribution in [0.15, 0.2) is 12.1 Å². The number of cyclic esters (lactones) is 1. The van der Waals surface area contributed by atoms with Crippen molar-refractivity contribution in [2.75, 3.05) is 38.2 Å². The van der Waals surface area contributed by atoms with Crippen molar-refractivity contribution in [2.45, 2.75) is 24.9 Å². The Bertz CT molecular complexity index is 872. The van der Waals surface area contributed by atoms with E-state index in [-0.39, 0.29) is 42.7 Å². The summed E-state index contributed by atoms with van der Waals surface area (Å²) in [5.74, 6) is -1.80. The Hall–Kier alpha value is -2.91. The van der Waals surface area contributed by atoms with E-state index in [2.05, 4.69) is 5.32 Å². The van der Waals surface area contributed by atoms with Crippen molar-refractivity contribution in [3.63, 3.8) is 0 Å². The fourth-order valence-corrected chi connectivity index (χ4v) is 4.43. The zero-order valence-electron chi connectivity index (χ0n) is 16.0. The molecule has 3 aliphatic rings. The number of carbonyl (C=O) groups excluding carboxylic acids is 3. The van der Waals surface area contributed by atoms with E-state index < -0.39 is 35.3 Å². The minimum absolute atomic E-state index is 0.0183. The van der Waals surface area contributed by atoms with Gasteiger partial charge in [0, 0.05) is 31.0 Å². The molecule has 3 amide bonds. The quantitative estimate of drug-likeness (QED) is 0.819. The maximum Gasteiger partial charge on any atom is 0.414 e. The largest absolute Gasteiger partial charge is 0.453 e. The number of carbonyl (C=O) groups is 3. The van der Waals surface area contributed by atoms with E-state index in [4.69, 9.17) is 9.47 Å². The highest BCUT2D eigenvalue weighted by molar-refractivity contribution is 5.90. The molecule has 29 heavy (non-hydrogen) atoms. The monoisotopic (exact) mass is 409 g/mol. The third-order valence-electron chi connectivity index (χ3n) is 5.87. The predicted octanol–water partition coefficient (Wildman–Crippen LogP) is 1.77.